The number of aryl methyl sites for hydroxylation is 1. The largest absolute Gasteiger partial charge is 0.284 e. The first-order valence-corrected chi connectivity index (χ1v) is 5.65. The Morgan fingerprint density at radius 2 is 1.94 bits per heavy atom. The maximum Gasteiger partial charge on any atom is 0.255 e. The van der Waals surface area contributed by atoms with Crippen molar-refractivity contribution in [3.8, 4) is 5.69 Å². The molecule has 1 aliphatic carbocycles. The summed E-state index contributed by atoms with van der Waals surface area (Å²) in [5.41, 5.74) is 3.84. The van der Waals surface area contributed by atoms with Crippen molar-refractivity contribution in [2.75, 3.05) is 0 Å². The quantitative estimate of drug-likeness (QED) is 0.709. The molecule has 0 aliphatic heterocycles. The number of aromatic nitrogens is 1. The fourth-order valence-corrected chi connectivity index (χ4v) is 2.45. The van der Waals surface area contributed by atoms with Gasteiger partial charge < -0.3 is 0 Å². The van der Waals surface area contributed by atoms with Crippen molar-refractivity contribution < 1.29 is 0 Å². The molecular weight excluding hydrogens is 198 g/mol. The van der Waals surface area contributed by atoms with Crippen LogP contribution in [0.3, 0.4) is 0 Å². The molecule has 0 unspecified atom stereocenters. The van der Waals surface area contributed by atoms with Crippen LogP contribution in [0, 0.1) is 0 Å². The van der Waals surface area contributed by atoms with Gasteiger partial charge in [0.15, 0.2) is 0 Å². The summed E-state index contributed by atoms with van der Waals surface area (Å²) < 4.78 is 1.74. The first-order chi connectivity index (χ1) is 7.86. The number of hydrogen-bond donors (Lipinski definition) is 0. The van der Waals surface area contributed by atoms with Gasteiger partial charge in [-0.3, -0.25) is 9.36 Å². The predicted octanol–water partition coefficient (Wildman–Crippen LogP) is 2.33. The molecule has 0 radical (unpaired) electrons. The van der Waals surface area contributed by atoms with E-state index in [0.29, 0.717) is 0 Å². The van der Waals surface area contributed by atoms with Crippen LogP contribution < -0.4 is 5.56 Å². The summed E-state index contributed by atoms with van der Waals surface area (Å²) in [5, 5.41) is 0. The van der Waals surface area contributed by atoms with Crippen molar-refractivity contribution in [2.45, 2.75) is 19.3 Å². The van der Waals surface area contributed by atoms with E-state index in [1.165, 1.54) is 17.5 Å². The van der Waals surface area contributed by atoms with Gasteiger partial charge in [-0.2, -0.15) is 0 Å². The van der Waals surface area contributed by atoms with Gasteiger partial charge in [0.25, 0.3) is 5.56 Å². The van der Waals surface area contributed by atoms with Crippen LogP contribution in [0.15, 0.2) is 47.4 Å². The van der Waals surface area contributed by atoms with Gasteiger partial charge in [0.1, 0.15) is 0 Å². The van der Waals surface area contributed by atoms with Crippen molar-refractivity contribution in [1.29, 1.82) is 0 Å². The molecule has 1 aliphatic rings. The summed E-state index contributed by atoms with van der Waals surface area (Å²) >= 11 is 0. The number of nitrogens with zero attached hydrogens (tertiary/aromatic N) is 1. The molecule has 0 spiro atoms. The van der Waals surface area contributed by atoms with Crippen LogP contribution in [0.1, 0.15) is 17.5 Å². The molecular formula is C14H13NO. The van der Waals surface area contributed by atoms with Gasteiger partial charge in [-0.1, -0.05) is 18.2 Å². The molecule has 2 heteroatoms. The first-order valence-electron chi connectivity index (χ1n) is 5.65. The van der Waals surface area contributed by atoms with Gasteiger partial charge in [0.2, 0.25) is 0 Å². The number of hydrogen-bond acceptors (Lipinski definition) is 1. The van der Waals surface area contributed by atoms with Gasteiger partial charge >= 0.3 is 0 Å². The highest BCUT2D eigenvalue weighted by molar-refractivity contribution is 5.48. The van der Waals surface area contributed by atoms with E-state index in [4.69, 9.17) is 0 Å². The van der Waals surface area contributed by atoms with E-state index in [0.717, 1.165) is 18.5 Å². The molecule has 2 nitrogen and oxygen atoms in total. The number of pyridine rings is 1. The minimum atomic E-state index is 0.0443. The van der Waals surface area contributed by atoms with Crippen LogP contribution in [0.5, 0.6) is 0 Å². The standard InChI is InChI=1S/C14H13NO/c16-14-9-1-2-10-15(14)13-8-4-6-11-5-3-7-12(11)13/h1-2,4,6,8-10H,3,5,7H2. The molecule has 3 rings (SSSR count). The zero-order valence-corrected chi connectivity index (χ0v) is 9.02. The minimum absolute atomic E-state index is 0.0443. The Morgan fingerprint density at radius 3 is 2.81 bits per heavy atom. The maximum absolute atomic E-state index is 11.8. The summed E-state index contributed by atoms with van der Waals surface area (Å²) in [6.07, 6.45) is 5.28. The second-order valence-electron chi connectivity index (χ2n) is 4.18. The third-order valence-electron chi connectivity index (χ3n) is 3.20. The molecule has 0 saturated heterocycles. The Hall–Kier alpha value is -1.83. The van der Waals surface area contributed by atoms with Crippen LogP contribution in [0.2, 0.25) is 0 Å². The topological polar surface area (TPSA) is 22.0 Å². The molecule has 1 aromatic heterocycles. The number of benzene rings is 1. The lowest BCUT2D eigenvalue weighted by molar-refractivity contribution is 0.899. The van der Waals surface area contributed by atoms with Crippen LogP contribution in [-0.2, 0) is 12.8 Å². The molecule has 0 bridgehead atoms. The summed E-state index contributed by atoms with van der Waals surface area (Å²) in [6, 6.07) is 11.5. The van der Waals surface area contributed by atoms with E-state index in [2.05, 4.69) is 6.07 Å². The SMILES string of the molecule is O=c1ccccn1-c1cccc2c1CCC2. The molecule has 80 valence electrons. The number of fused-ring (bicyclic) bond motifs is 1. The molecule has 0 fully saturated rings. The molecule has 1 aromatic carbocycles. The van der Waals surface area contributed by atoms with Crippen LogP contribution >= 0.6 is 0 Å². The molecule has 2 aromatic rings. The van der Waals surface area contributed by atoms with E-state index in [-0.39, 0.29) is 5.56 Å². The van der Waals surface area contributed by atoms with Gasteiger partial charge in [-0.05, 0) is 42.5 Å². The summed E-state index contributed by atoms with van der Waals surface area (Å²) in [5.74, 6) is 0. The van der Waals surface area contributed by atoms with Crippen LogP contribution in [-0.4, -0.2) is 4.57 Å². The molecule has 0 N–H and O–H groups in total. The minimum Gasteiger partial charge on any atom is -0.284 e. The first kappa shape index (κ1) is 9.40. The van der Waals surface area contributed by atoms with Crippen molar-refractivity contribution in [3.05, 3.63) is 64.1 Å². The Bertz CT molecular complexity index is 583. The Kier molecular flexibility index (Phi) is 2.13. The van der Waals surface area contributed by atoms with Crippen molar-refractivity contribution >= 4 is 0 Å². The highest BCUT2D eigenvalue weighted by atomic mass is 16.1. The van der Waals surface area contributed by atoms with E-state index < -0.39 is 0 Å². The van der Waals surface area contributed by atoms with Gasteiger partial charge in [-0.25, -0.2) is 0 Å². The Morgan fingerprint density at radius 1 is 1.00 bits per heavy atom. The monoisotopic (exact) mass is 211 g/mol. The summed E-state index contributed by atoms with van der Waals surface area (Å²) in [6.45, 7) is 0. The van der Waals surface area contributed by atoms with E-state index in [9.17, 15) is 4.79 Å². The van der Waals surface area contributed by atoms with Crippen LogP contribution in [0.25, 0.3) is 5.69 Å². The van der Waals surface area contributed by atoms with Gasteiger partial charge in [-0.15, -0.1) is 0 Å². The lowest BCUT2D eigenvalue weighted by Crippen LogP contribution is -2.16. The second kappa shape index (κ2) is 3.63. The third-order valence-corrected chi connectivity index (χ3v) is 3.20. The third kappa shape index (κ3) is 1.38. The van der Waals surface area contributed by atoms with Gasteiger partial charge in [0, 0.05) is 12.3 Å². The van der Waals surface area contributed by atoms with Crippen molar-refractivity contribution in [2.24, 2.45) is 0 Å². The number of rotatable bonds is 1. The molecule has 1 heterocycles. The highest BCUT2D eigenvalue weighted by Crippen LogP contribution is 2.26. The lowest BCUT2D eigenvalue weighted by Gasteiger charge is -2.10. The smallest absolute Gasteiger partial charge is 0.255 e. The van der Waals surface area contributed by atoms with Crippen molar-refractivity contribution in [3.63, 3.8) is 0 Å². The second-order valence-corrected chi connectivity index (χ2v) is 4.18. The maximum atomic E-state index is 11.8. The molecule has 0 amide bonds. The fraction of sp³-hybridized carbons (Fsp3) is 0.214. The van der Waals surface area contributed by atoms with E-state index in [1.54, 1.807) is 16.7 Å². The van der Waals surface area contributed by atoms with Gasteiger partial charge in [0.05, 0.1) is 5.69 Å². The normalized spacial score (nSPS) is 13.8. The molecule has 16 heavy (non-hydrogen) atoms. The Labute approximate surface area is 94.2 Å². The molecule has 0 saturated carbocycles. The van der Waals surface area contributed by atoms with E-state index >= 15 is 0 Å². The van der Waals surface area contributed by atoms with E-state index in [1.807, 2.05) is 24.4 Å². The van der Waals surface area contributed by atoms with Crippen LogP contribution in [0.4, 0.5) is 0 Å². The summed E-state index contributed by atoms with van der Waals surface area (Å²) in [4.78, 5) is 11.8. The zero-order chi connectivity index (χ0) is 11.0. The van der Waals surface area contributed by atoms with Crippen molar-refractivity contribution in [1.82, 2.24) is 4.57 Å². The Balaban J connectivity index is 2.25. The average molecular weight is 211 g/mol. The predicted molar refractivity (Wildman–Crippen MR) is 64.1 cm³/mol. The lowest BCUT2D eigenvalue weighted by atomic mass is 10.1. The summed E-state index contributed by atoms with van der Waals surface area (Å²) in [7, 11) is 0. The average Bonchev–Trinajstić information content (AvgIpc) is 2.77. The highest BCUT2D eigenvalue weighted by Gasteiger charge is 2.15. The molecule has 0 atom stereocenters. The fourth-order valence-electron chi connectivity index (χ4n) is 2.45. The zero-order valence-electron chi connectivity index (χ0n) is 9.02.